The van der Waals surface area contributed by atoms with Gasteiger partial charge in [0, 0.05) is 24.6 Å². The molecule has 2 aliphatic heterocycles. The summed E-state index contributed by atoms with van der Waals surface area (Å²) in [7, 11) is 2.47. The van der Waals surface area contributed by atoms with Gasteiger partial charge in [0.15, 0.2) is 23.5 Å². The highest BCUT2D eigenvalue weighted by Gasteiger charge is 2.52. The minimum Gasteiger partial charge on any atom is -0.508 e. The van der Waals surface area contributed by atoms with E-state index in [1.807, 2.05) is 0 Å². The normalized spacial score (nSPS) is 29.8. The monoisotopic (exact) mass is 712 g/mol. The van der Waals surface area contributed by atoms with Crippen molar-refractivity contribution in [2.24, 2.45) is 0 Å². The Hall–Kier alpha value is -4.44. The fourth-order valence-electron chi connectivity index (χ4n) is 5.54. The van der Waals surface area contributed by atoms with Gasteiger partial charge in [0.2, 0.25) is 23.2 Å². The Labute approximate surface area is 281 Å². The van der Waals surface area contributed by atoms with Gasteiger partial charge < -0.3 is 83.5 Å². The summed E-state index contributed by atoms with van der Waals surface area (Å²) in [6.07, 6.45) is -18.2. The zero-order chi connectivity index (χ0) is 36.6. The molecule has 9 N–H and O–H groups in total. The lowest BCUT2D eigenvalue weighted by atomic mass is 9.97. The predicted octanol–water partition coefficient (Wildman–Crippen LogP) is -1.83. The van der Waals surface area contributed by atoms with Gasteiger partial charge in [0.25, 0.3) is 0 Å². The standard InChI is InChI=1S/C31H36O19/c1-10(33)45-9-18-21(37)24(40)25(41)30(48-18)49-28-22(38)17(8-32)47-31(26(28)42)50-29-23(39)19-13(35)6-12(34)7-14(19)46-27(29)11-4-15(43-2)20(36)16(5-11)44-3/h4-7,17-18,21-22,24-26,28,30-32,34-38,40-42H,8-9H2,1-3H3. The molecule has 3 heterocycles. The summed E-state index contributed by atoms with van der Waals surface area (Å²) in [5.41, 5.74) is -1.39. The van der Waals surface area contributed by atoms with E-state index < -0.39 is 120 Å². The second-order valence-corrected chi connectivity index (χ2v) is 11.4. The third-order valence-electron chi connectivity index (χ3n) is 8.13. The average Bonchev–Trinajstić information content (AvgIpc) is 3.07. The summed E-state index contributed by atoms with van der Waals surface area (Å²) in [6, 6.07) is 4.35. The van der Waals surface area contributed by atoms with Crippen molar-refractivity contribution in [2.45, 2.75) is 68.3 Å². The molecule has 0 amide bonds. The Bertz CT molecular complexity index is 1730. The molecule has 50 heavy (non-hydrogen) atoms. The molecule has 2 aromatic carbocycles. The minimum atomic E-state index is -2.07. The van der Waals surface area contributed by atoms with Crippen LogP contribution in [0.2, 0.25) is 0 Å². The van der Waals surface area contributed by atoms with Crippen LogP contribution in [0.4, 0.5) is 0 Å². The minimum absolute atomic E-state index is 0.0183. The van der Waals surface area contributed by atoms with Crippen LogP contribution in [-0.4, -0.2) is 141 Å². The number of hydrogen-bond acceptors (Lipinski definition) is 19. The van der Waals surface area contributed by atoms with Gasteiger partial charge in [-0.15, -0.1) is 0 Å². The Morgan fingerprint density at radius 2 is 1.46 bits per heavy atom. The highest BCUT2D eigenvalue weighted by molar-refractivity contribution is 5.88. The van der Waals surface area contributed by atoms with Crippen LogP contribution in [0.15, 0.2) is 33.5 Å². The summed E-state index contributed by atoms with van der Waals surface area (Å²) in [5, 5.41) is 94.3. The topological polar surface area (TPSA) is 294 Å². The molecule has 10 unspecified atom stereocenters. The number of methoxy groups -OCH3 is 2. The number of phenols is 3. The first-order valence-corrected chi connectivity index (χ1v) is 15.0. The predicted molar refractivity (Wildman–Crippen MR) is 163 cm³/mol. The van der Waals surface area contributed by atoms with Crippen LogP contribution in [0.25, 0.3) is 22.3 Å². The van der Waals surface area contributed by atoms with E-state index >= 15 is 0 Å². The van der Waals surface area contributed by atoms with Crippen LogP contribution in [-0.2, 0) is 23.7 Å². The van der Waals surface area contributed by atoms with Crippen molar-refractivity contribution < 1.29 is 88.3 Å². The number of rotatable bonds is 10. The number of esters is 1. The number of benzene rings is 2. The van der Waals surface area contributed by atoms with Crippen molar-refractivity contribution in [2.75, 3.05) is 27.4 Å². The number of aliphatic hydroxyl groups excluding tert-OH is 6. The van der Waals surface area contributed by atoms with Gasteiger partial charge in [0.05, 0.1) is 20.8 Å². The van der Waals surface area contributed by atoms with Crippen LogP contribution >= 0.6 is 0 Å². The van der Waals surface area contributed by atoms with Crippen molar-refractivity contribution in [1.29, 1.82) is 0 Å². The van der Waals surface area contributed by atoms with Gasteiger partial charge >= 0.3 is 5.97 Å². The number of hydrogen-bond donors (Lipinski definition) is 9. The van der Waals surface area contributed by atoms with Crippen molar-refractivity contribution in [3.05, 3.63) is 34.5 Å². The lowest BCUT2D eigenvalue weighted by Gasteiger charge is -2.45. The number of phenolic OH excluding ortho intramolecular Hbond substituents is 3. The third kappa shape index (κ3) is 6.95. The Kier molecular flexibility index (Phi) is 10.9. The summed E-state index contributed by atoms with van der Waals surface area (Å²) in [6.45, 7) is -0.383. The third-order valence-corrected chi connectivity index (χ3v) is 8.13. The zero-order valence-corrected chi connectivity index (χ0v) is 26.6. The maximum Gasteiger partial charge on any atom is 0.302 e. The molecule has 0 radical (unpaired) electrons. The first kappa shape index (κ1) is 36.8. The largest absolute Gasteiger partial charge is 0.508 e. The van der Waals surface area contributed by atoms with E-state index in [9.17, 15) is 55.5 Å². The van der Waals surface area contributed by atoms with Crippen LogP contribution in [0.1, 0.15) is 6.92 Å². The number of ether oxygens (including phenoxy) is 7. The number of carbonyl (C=O) groups excluding carboxylic acids is 1. The molecule has 2 saturated heterocycles. The molecule has 0 saturated carbocycles. The molecule has 2 fully saturated rings. The molecule has 19 nitrogen and oxygen atoms in total. The van der Waals surface area contributed by atoms with Gasteiger partial charge in [-0.25, -0.2) is 0 Å². The van der Waals surface area contributed by atoms with Crippen molar-refractivity contribution in [3.63, 3.8) is 0 Å². The number of fused-ring (bicyclic) bond motifs is 1. The highest BCUT2D eigenvalue weighted by atomic mass is 16.7. The molecule has 0 spiro atoms. The van der Waals surface area contributed by atoms with Gasteiger partial charge in [-0.1, -0.05) is 0 Å². The quantitative estimate of drug-likeness (QED) is 0.104. The van der Waals surface area contributed by atoms with Gasteiger partial charge in [-0.3, -0.25) is 9.59 Å². The van der Waals surface area contributed by atoms with Crippen LogP contribution in [0.5, 0.6) is 34.5 Å². The van der Waals surface area contributed by atoms with E-state index in [0.717, 1.165) is 19.1 Å². The lowest BCUT2D eigenvalue weighted by Crippen LogP contribution is -2.65. The van der Waals surface area contributed by atoms with Gasteiger partial charge in [0.1, 0.15) is 77.9 Å². The van der Waals surface area contributed by atoms with Crippen LogP contribution < -0.4 is 19.6 Å². The second-order valence-electron chi connectivity index (χ2n) is 11.4. The molecular weight excluding hydrogens is 676 g/mol. The van der Waals surface area contributed by atoms with E-state index in [4.69, 9.17) is 37.6 Å². The first-order valence-electron chi connectivity index (χ1n) is 15.0. The zero-order valence-electron chi connectivity index (χ0n) is 26.6. The van der Waals surface area contributed by atoms with E-state index in [-0.39, 0.29) is 22.6 Å². The van der Waals surface area contributed by atoms with Crippen LogP contribution in [0, 0.1) is 0 Å². The summed E-state index contributed by atoms with van der Waals surface area (Å²) >= 11 is 0. The number of aliphatic hydroxyl groups is 6. The molecule has 274 valence electrons. The summed E-state index contributed by atoms with van der Waals surface area (Å²) in [5.74, 6) is -3.75. The maximum atomic E-state index is 13.9. The second kappa shape index (κ2) is 14.8. The molecule has 3 aromatic rings. The smallest absolute Gasteiger partial charge is 0.302 e. The number of carbonyl (C=O) groups is 1. The first-order chi connectivity index (χ1) is 23.7. The van der Waals surface area contributed by atoms with Gasteiger partial charge in [-0.2, -0.15) is 0 Å². The van der Waals surface area contributed by atoms with E-state index in [1.54, 1.807) is 0 Å². The lowest BCUT2D eigenvalue weighted by molar-refractivity contribution is -0.353. The molecule has 1 aromatic heterocycles. The Morgan fingerprint density at radius 1 is 0.820 bits per heavy atom. The molecular formula is C31H36O19. The van der Waals surface area contributed by atoms with E-state index in [2.05, 4.69) is 0 Å². The fraction of sp³-hybridized carbons (Fsp3) is 0.484. The van der Waals surface area contributed by atoms with Crippen molar-refractivity contribution in [1.82, 2.24) is 0 Å². The summed E-state index contributed by atoms with van der Waals surface area (Å²) < 4.78 is 43.7. The average molecular weight is 713 g/mol. The van der Waals surface area contributed by atoms with Crippen molar-refractivity contribution in [3.8, 4) is 45.8 Å². The number of aromatic hydroxyl groups is 3. The van der Waals surface area contributed by atoms with Crippen LogP contribution in [0.3, 0.4) is 0 Å². The van der Waals surface area contributed by atoms with Crippen molar-refractivity contribution >= 4 is 16.9 Å². The highest BCUT2D eigenvalue weighted by Crippen LogP contribution is 2.44. The molecule has 0 bridgehead atoms. The molecule has 10 atom stereocenters. The van der Waals surface area contributed by atoms with E-state index in [0.29, 0.717) is 0 Å². The molecule has 5 rings (SSSR count). The summed E-state index contributed by atoms with van der Waals surface area (Å²) in [4.78, 5) is 25.2. The maximum absolute atomic E-state index is 13.9. The Morgan fingerprint density at radius 3 is 2.06 bits per heavy atom. The molecule has 2 aliphatic rings. The molecule has 0 aliphatic carbocycles. The molecule has 19 heteroatoms. The Balaban J connectivity index is 1.56. The van der Waals surface area contributed by atoms with E-state index in [1.165, 1.54) is 26.4 Å². The fourth-order valence-corrected chi connectivity index (χ4v) is 5.54. The SMILES string of the molecule is COc1cc(-c2oc3cc(O)cc(O)c3c(=O)c2OC2OC(CO)C(O)C(OC3OC(COC(C)=O)C(O)C(O)C3O)C2O)cc(OC)c1O. The van der Waals surface area contributed by atoms with Gasteiger partial charge in [-0.05, 0) is 12.1 Å².